The van der Waals surface area contributed by atoms with Crippen molar-refractivity contribution in [1.82, 2.24) is 9.78 Å². The molecular weight excluding hydrogens is 240 g/mol. The van der Waals surface area contributed by atoms with Crippen molar-refractivity contribution in [3.63, 3.8) is 0 Å². The van der Waals surface area contributed by atoms with Crippen LogP contribution in [-0.2, 0) is 7.05 Å². The summed E-state index contributed by atoms with van der Waals surface area (Å²) in [6.45, 7) is 5.83. The summed E-state index contributed by atoms with van der Waals surface area (Å²) in [6, 6.07) is 7.58. The summed E-state index contributed by atoms with van der Waals surface area (Å²) in [7, 11) is 1.89. The van der Waals surface area contributed by atoms with E-state index in [1.165, 1.54) is 0 Å². The highest BCUT2D eigenvalue weighted by atomic mass is 16.5. The van der Waals surface area contributed by atoms with Crippen LogP contribution in [0.3, 0.4) is 0 Å². The molecule has 0 spiro atoms. The van der Waals surface area contributed by atoms with Crippen molar-refractivity contribution < 1.29 is 9.84 Å². The maximum atomic E-state index is 10.0. The minimum atomic E-state index is -0.506. The normalized spacial score (nSPS) is 12.5. The van der Waals surface area contributed by atoms with Gasteiger partial charge in [0.15, 0.2) is 5.75 Å². The summed E-state index contributed by atoms with van der Waals surface area (Å²) in [5.41, 5.74) is 2.63. The standard InChI is InChI=1S/C15H20N2O2/c1-5-13(18)12-8-6-7-9-14(12)19-15-10(2)16-17(4)11(15)3/h6-9,13,18H,5H2,1-4H3/t13-/m0/s1. The van der Waals surface area contributed by atoms with Crippen LogP contribution in [0.4, 0.5) is 0 Å². The zero-order valence-electron chi connectivity index (χ0n) is 11.8. The first-order valence-corrected chi connectivity index (χ1v) is 6.49. The SMILES string of the molecule is CC[C@H](O)c1ccccc1Oc1c(C)nn(C)c1C. The molecule has 0 radical (unpaired) electrons. The van der Waals surface area contributed by atoms with Gasteiger partial charge in [-0.2, -0.15) is 5.10 Å². The number of aliphatic hydroxyl groups is 1. The zero-order valence-corrected chi connectivity index (χ0v) is 11.8. The summed E-state index contributed by atoms with van der Waals surface area (Å²) in [6.07, 6.45) is 0.152. The van der Waals surface area contributed by atoms with E-state index in [4.69, 9.17) is 4.74 Å². The van der Waals surface area contributed by atoms with Crippen molar-refractivity contribution in [2.45, 2.75) is 33.3 Å². The lowest BCUT2D eigenvalue weighted by molar-refractivity contribution is 0.170. The Morgan fingerprint density at radius 1 is 1.32 bits per heavy atom. The first-order valence-electron chi connectivity index (χ1n) is 6.49. The van der Waals surface area contributed by atoms with Crippen molar-refractivity contribution in [1.29, 1.82) is 0 Å². The van der Waals surface area contributed by atoms with E-state index in [1.54, 1.807) is 4.68 Å². The third-order valence-electron chi connectivity index (χ3n) is 3.32. The van der Waals surface area contributed by atoms with Gasteiger partial charge < -0.3 is 9.84 Å². The van der Waals surface area contributed by atoms with Crippen molar-refractivity contribution >= 4 is 0 Å². The summed E-state index contributed by atoms with van der Waals surface area (Å²) < 4.78 is 7.77. The second-order valence-corrected chi connectivity index (χ2v) is 4.69. The minimum Gasteiger partial charge on any atom is -0.453 e. The first kappa shape index (κ1) is 13.6. The smallest absolute Gasteiger partial charge is 0.171 e. The number of hydrogen-bond donors (Lipinski definition) is 1. The molecule has 0 aliphatic heterocycles. The molecule has 4 nitrogen and oxygen atoms in total. The fourth-order valence-corrected chi connectivity index (χ4v) is 2.08. The first-order chi connectivity index (χ1) is 9.04. The second kappa shape index (κ2) is 5.45. The monoisotopic (exact) mass is 260 g/mol. The fraction of sp³-hybridized carbons (Fsp3) is 0.400. The van der Waals surface area contributed by atoms with Crippen molar-refractivity contribution in [2.75, 3.05) is 0 Å². The molecule has 0 amide bonds. The van der Waals surface area contributed by atoms with Crippen molar-refractivity contribution in [3.05, 3.63) is 41.2 Å². The summed E-state index contributed by atoms with van der Waals surface area (Å²) in [5, 5.41) is 14.4. The second-order valence-electron chi connectivity index (χ2n) is 4.69. The highest BCUT2D eigenvalue weighted by molar-refractivity contribution is 5.42. The van der Waals surface area contributed by atoms with Gasteiger partial charge in [0.05, 0.1) is 11.8 Å². The molecule has 0 unspecified atom stereocenters. The van der Waals surface area contributed by atoms with Crippen LogP contribution in [0, 0.1) is 13.8 Å². The molecule has 0 fully saturated rings. The van der Waals surface area contributed by atoms with E-state index in [0.29, 0.717) is 12.2 Å². The van der Waals surface area contributed by atoms with E-state index >= 15 is 0 Å². The molecule has 102 valence electrons. The molecule has 1 N–H and O–H groups in total. The number of ether oxygens (including phenoxy) is 1. The lowest BCUT2D eigenvalue weighted by Gasteiger charge is -2.14. The highest BCUT2D eigenvalue weighted by Gasteiger charge is 2.16. The Labute approximate surface area is 113 Å². The highest BCUT2D eigenvalue weighted by Crippen LogP contribution is 2.33. The van der Waals surface area contributed by atoms with Crippen LogP contribution in [0.5, 0.6) is 11.5 Å². The molecule has 2 aromatic rings. The van der Waals surface area contributed by atoms with Crippen LogP contribution >= 0.6 is 0 Å². The molecule has 0 aliphatic rings. The van der Waals surface area contributed by atoms with Gasteiger partial charge in [-0.1, -0.05) is 25.1 Å². The molecule has 0 saturated carbocycles. The van der Waals surface area contributed by atoms with E-state index in [2.05, 4.69) is 5.10 Å². The Morgan fingerprint density at radius 2 is 2.00 bits per heavy atom. The van der Waals surface area contributed by atoms with Crippen molar-refractivity contribution in [3.8, 4) is 11.5 Å². The maximum absolute atomic E-state index is 10.0. The number of aromatic nitrogens is 2. The topological polar surface area (TPSA) is 47.3 Å². The molecule has 0 saturated heterocycles. The predicted molar refractivity (Wildman–Crippen MR) is 74.4 cm³/mol. The van der Waals surface area contributed by atoms with Crippen LogP contribution in [0.15, 0.2) is 24.3 Å². The Bertz CT molecular complexity index is 576. The van der Waals surface area contributed by atoms with Crippen LogP contribution < -0.4 is 4.74 Å². The van der Waals surface area contributed by atoms with Crippen LogP contribution in [-0.4, -0.2) is 14.9 Å². The third-order valence-corrected chi connectivity index (χ3v) is 3.32. The van der Waals surface area contributed by atoms with Gasteiger partial charge in [-0.05, 0) is 26.3 Å². The summed E-state index contributed by atoms with van der Waals surface area (Å²) >= 11 is 0. The quantitative estimate of drug-likeness (QED) is 0.917. The fourth-order valence-electron chi connectivity index (χ4n) is 2.08. The average molecular weight is 260 g/mol. The van der Waals surface area contributed by atoms with Gasteiger partial charge in [-0.3, -0.25) is 4.68 Å². The number of para-hydroxylation sites is 1. The van der Waals surface area contributed by atoms with E-state index in [1.807, 2.05) is 52.1 Å². The Kier molecular flexibility index (Phi) is 3.90. The summed E-state index contributed by atoms with van der Waals surface area (Å²) in [5.74, 6) is 1.45. The molecule has 1 aromatic heterocycles. The van der Waals surface area contributed by atoms with Gasteiger partial charge in [0.25, 0.3) is 0 Å². The number of benzene rings is 1. The minimum absolute atomic E-state index is 0.506. The Hall–Kier alpha value is -1.81. The third kappa shape index (κ3) is 2.63. The molecule has 1 heterocycles. The van der Waals surface area contributed by atoms with E-state index in [0.717, 1.165) is 22.7 Å². The zero-order chi connectivity index (χ0) is 14.0. The predicted octanol–water partition coefficient (Wildman–Crippen LogP) is 3.27. The molecule has 4 heteroatoms. The van der Waals surface area contributed by atoms with E-state index in [-0.39, 0.29) is 0 Å². The Morgan fingerprint density at radius 3 is 2.58 bits per heavy atom. The Balaban J connectivity index is 2.38. The largest absolute Gasteiger partial charge is 0.453 e. The number of aryl methyl sites for hydroxylation is 2. The number of aliphatic hydroxyl groups excluding tert-OH is 1. The number of nitrogens with zero attached hydrogens (tertiary/aromatic N) is 2. The van der Waals surface area contributed by atoms with E-state index < -0.39 is 6.10 Å². The maximum Gasteiger partial charge on any atom is 0.171 e. The number of hydrogen-bond acceptors (Lipinski definition) is 3. The lowest BCUT2D eigenvalue weighted by Crippen LogP contribution is -1.99. The average Bonchev–Trinajstić information content (AvgIpc) is 2.65. The molecule has 0 bridgehead atoms. The van der Waals surface area contributed by atoms with Gasteiger partial charge in [0.1, 0.15) is 11.4 Å². The van der Waals surface area contributed by atoms with Gasteiger partial charge in [-0.25, -0.2) is 0 Å². The molecule has 1 atom stereocenters. The lowest BCUT2D eigenvalue weighted by atomic mass is 10.1. The van der Waals surface area contributed by atoms with Crippen LogP contribution in [0.25, 0.3) is 0 Å². The molecule has 0 aliphatic carbocycles. The van der Waals surface area contributed by atoms with Crippen molar-refractivity contribution in [2.24, 2.45) is 7.05 Å². The van der Waals surface area contributed by atoms with Crippen LogP contribution in [0.1, 0.15) is 36.4 Å². The van der Waals surface area contributed by atoms with Gasteiger partial charge >= 0.3 is 0 Å². The molecule has 2 rings (SSSR count). The molecule has 1 aromatic carbocycles. The van der Waals surface area contributed by atoms with E-state index in [9.17, 15) is 5.11 Å². The van der Waals surface area contributed by atoms with Crippen LogP contribution in [0.2, 0.25) is 0 Å². The summed E-state index contributed by atoms with van der Waals surface area (Å²) in [4.78, 5) is 0. The van der Waals surface area contributed by atoms with Gasteiger partial charge in [-0.15, -0.1) is 0 Å². The molecular formula is C15H20N2O2. The van der Waals surface area contributed by atoms with Gasteiger partial charge in [0, 0.05) is 12.6 Å². The molecule has 19 heavy (non-hydrogen) atoms. The van der Waals surface area contributed by atoms with Gasteiger partial charge in [0.2, 0.25) is 0 Å². The number of rotatable bonds is 4.